The number of benzene rings is 1. The fourth-order valence-corrected chi connectivity index (χ4v) is 2.90. The lowest BCUT2D eigenvalue weighted by Gasteiger charge is -2.22. The standard InChI is InChI=1S/C17H18N6O2.ClH/c24-17(15-10-23(22-21-15)14-5-7-18-8-6-14)20-13-3-1-12(2-4-13)16-9-19-11-25-16;/h1-4,9-11,14,18H,5-8H2,(H,20,24);1H. The first-order valence-electron chi connectivity index (χ1n) is 8.22. The molecule has 1 fully saturated rings. The molecule has 0 atom stereocenters. The zero-order valence-electron chi connectivity index (χ0n) is 14.0. The van der Waals surface area contributed by atoms with Crippen molar-refractivity contribution in [2.75, 3.05) is 18.4 Å². The quantitative estimate of drug-likeness (QED) is 0.728. The van der Waals surface area contributed by atoms with Gasteiger partial charge in [0, 0.05) is 11.3 Å². The smallest absolute Gasteiger partial charge is 0.277 e. The molecule has 4 rings (SSSR count). The first-order chi connectivity index (χ1) is 12.3. The van der Waals surface area contributed by atoms with Crippen molar-refractivity contribution >= 4 is 24.0 Å². The van der Waals surface area contributed by atoms with E-state index in [0.717, 1.165) is 31.5 Å². The molecule has 1 aliphatic heterocycles. The molecule has 2 aromatic heterocycles. The summed E-state index contributed by atoms with van der Waals surface area (Å²) >= 11 is 0. The Morgan fingerprint density at radius 2 is 2.00 bits per heavy atom. The number of carbonyl (C=O) groups is 1. The second-order valence-electron chi connectivity index (χ2n) is 5.96. The number of amides is 1. The molecule has 136 valence electrons. The van der Waals surface area contributed by atoms with Crippen LogP contribution in [0.1, 0.15) is 29.4 Å². The molecule has 0 saturated carbocycles. The van der Waals surface area contributed by atoms with Crippen LogP contribution in [-0.4, -0.2) is 39.0 Å². The Kier molecular flexibility index (Phi) is 5.65. The highest BCUT2D eigenvalue weighted by atomic mass is 35.5. The molecule has 3 aromatic rings. The Labute approximate surface area is 156 Å². The van der Waals surface area contributed by atoms with E-state index < -0.39 is 0 Å². The second kappa shape index (κ2) is 8.11. The van der Waals surface area contributed by atoms with Crippen molar-refractivity contribution in [2.24, 2.45) is 0 Å². The number of carbonyl (C=O) groups excluding carboxylic acids is 1. The van der Waals surface area contributed by atoms with E-state index in [1.54, 1.807) is 17.1 Å². The average Bonchev–Trinajstić information content (AvgIpc) is 3.35. The Morgan fingerprint density at radius 1 is 1.23 bits per heavy atom. The maximum absolute atomic E-state index is 12.4. The summed E-state index contributed by atoms with van der Waals surface area (Å²) in [5, 5.41) is 14.3. The van der Waals surface area contributed by atoms with Gasteiger partial charge in [-0.05, 0) is 50.2 Å². The number of hydrogen-bond acceptors (Lipinski definition) is 6. The molecule has 0 spiro atoms. The van der Waals surface area contributed by atoms with Crippen LogP contribution in [-0.2, 0) is 0 Å². The Morgan fingerprint density at radius 3 is 2.69 bits per heavy atom. The summed E-state index contributed by atoms with van der Waals surface area (Å²) in [4.78, 5) is 16.2. The van der Waals surface area contributed by atoms with Gasteiger partial charge in [0.1, 0.15) is 0 Å². The third kappa shape index (κ3) is 3.92. The number of rotatable bonds is 4. The molecule has 0 bridgehead atoms. The zero-order valence-corrected chi connectivity index (χ0v) is 14.8. The molecule has 2 N–H and O–H groups in total. The van der Waals surface area contributed by atoms with Crippen molar-refractivity contribution in [2.45, 2.75) is 18.9 Å². The summed E-state index contributed by atoms with van der Waals surface area (Å²) in [5.41, 5.74) is 1.90. The highest BCUT2D eigenvalue weighted by Gasteiger charge is 2.18. The van der Waals surface area contributed by atoms with Crippen molar-refractivity contribution < 1.29 is 9.21 Å². The van der Waals surface area contributed by atoms with E-state index in [1.807, 2.05) is 24.3 Å². The lowest BCUT2D eigenvalue weighted by atomic mass is 10.1. The molecule has 0 radical (unpaired) electrons. The molecular formula is C17H19ClN6O2. The van der Waals surface area contributed by atoms with Gasteiger partial charge in [0.15, 0.2) is 17.8 Å². The van der Waals surface area contributed by atoms with E-state index in [9.17, 15) is 4.79 Å². The largest absolute Gasteiger partial charge is 0.444 e. The summed E-state index contributed by atoms with van der Waals surface area (Å²) in [6.45, 7) is 1.92. The molecule has 8 nitrogen and oxygen atoms in total. The Bertz CT molecular complexity index is 841. The third-order valence-electron chi connectivity index (χ3n) is 4.29. The van der Waals surface area contributed by atoms with E-state index in [1.165, 1.54) is 6.39 Å². The van der Waals surface area contributed by atoms with Gasteiger partial charge in [-0.15, -0.1) is 17.5 Å². The van der Waals surface area contributed by atoms with Crippen molar-refractivity contribution in [3.63, 3.8) is 0 Å². The van der Waals surface area contributed by atoms with Crippen LogP contribution in [0.3, 0.4) is 0 Å². The summed E-state index contributed by atoms with van der Waals surface area (Å²) in [6, 6.07) is 7.65. The van der Waals surface area contributed by atoms with Crippen LogP contribution in [0.25, 0.3) is 11.3 Å². The fraction of sp³-hybridized carbons (Fsp3) is 0.294. The van der Waals surface area contributed by atoms with Crippen LogP contribution in [0.5, 0.6) is 0 Å². The van der Waals surface area contributed by atoms with Gasteiger partial charge in [0.25, 0.3) is 5.91 Å². The molecule has 1 amide bonds. The Balaban J connectivity index is 0.00000196. The Hall–Kier alpha value is -2.71. The SMILES string of the molecule is Cl.O=C(Nc1ccc(-c2cnco2)cc1)c1cn(C2CCNCC2)nn1. The minimum absolute atomic E-state index is 0. The highest BCUT2D eigenvalue weighted by molar-refractivity contribution is 6.02. The number of piperidine rings is 1. The van der Waals surface area contributed by atoms with Crippen LogP contribution in [0, 0.1) is 0 Å². The monoisotopic (exact) mass is 374 g/mol. The van der Waals surface area contributed by atoms with Gasteiger partial charge in [-0.1, -0.05) is 5.21 Å². The lowest BCUT2D eigenvalue weighted by molar-refractivity contribution is 0.102. The van der Waals surface area contributed by atoms with Gasteiger partial charge < -0.3 is 15.1 Å². The van der Waals surface area contributed by atoms with Gasteiger partial charge in [0.2, 0.25) is 0 Å². The summed E-state index contributed by atoms with van der Waals surface area (Å²) in [6.07, 6.45) is 6.73. The molecule has 3 heterocycles. The molecule has 0 unspecified atom stereocenters. The van der Waals surface area contributed by atoms with Crippen molar-refractivity contribution in [1.82, 2.24) is 25.3 Å². The van der Waals surface area contributed by atoms with Crippen LogP contribution in [0.15, 0.2) is 47.5 Å². The summed E-state index contributed by atoms with van der Waals surface area (Å²) < 4.78 is 7.04. The van der Waals surface area contributed by atoms with E-state index in [2.05, 4.69) is 25.9 Å². The zero-order chi connectivity index (χ0) is 17.1. The molecule has 9 heteroatoms. The van der Waals surface area contributed by atoms with Gasteiger partial charge in [-0.2, -0.15) is 0 Å². The average molecular weight is 375 g/mol. The number of hydrogen-bond donors (Lipinski definition) is 2. The first-order valence-corrected chi connectivity index (χ1v) is 8.22. The molecule has 1 aromatic carbocycles. The van der Waals surface area contributed by atoms with E-state index in [0.29, 0.717) is 23.2 Å². The normalized spacial score (nSPS) is 14.6. The molecule has 0 aliphatic carbocycles. The predicted octanol–water partition coefficient (Wildman–Crippen LogP) is 2.53. The fourth-order valence-electron chi connectivity index (χ4n) is 2.90. The minimum Gasteiger partial charge on any atom is -0.444 e. The van der Waals surface area contributed by atoms with Crippen molar-refractivity contribution in [3.8, 4) is 11.3 Å². The highest BCUT2D eigenvalue weighted by Crippen LogP contribution is 2.21. The van der Waals surface area contributed by atoms with Crippen molar-refractivity contribution in [1.29, 1.82) is 0 Å². The van der Waals surface area contributed by atoms with Crippen LogP contribution >= 0.6 is 12.4 Å². The van der Waals surface area contributed by atoms with E-state index >= 15 is 0 Å². The summed E-state index contributed by atoms with van der Waals surface area (Å²) in [7, 11) is 0. The molecule has 26 heavy (non-hydrogen) atoms. The van der Waals surface area contributed by atoms with E-state index in [4.69, 9.17) is 4.42 Å². The van der Waals surface area contributed by atoms with Crippen LogP contribution < -0.4 is 10.6 Å². The maximum atomic E-state index is 12.4. The maximum Gasteiger partial charge on any atom is 0.277 e. The molecular weight excluding hydrogens is 356 g/mol. The van der Waals surface area contributed by atoms with Gasteiger partial charge in [-0.3, -0.25) is 4.79 Å². The second-order valence-corrected chi connectivity index (χ2v) is 5.96. The summed E-state index contributed by atoms with van der Waals surface area (Å²) in [5.74, 6) is 0.412. The number of aromatic nitrogens is 4. The van der Waals surface area contributed by atoms with Crippen LogP contribution in [0.2, 0.25) is 0 Å². The predicted molar refractivity (Wildman–Crippen MR) is 98.3 cm³/mol. The number of oxazole rings is 1. The van der Waals surface area contributed by atoms with Gasteiger partial charge in [-0.25, -0.2) is 9.67 Å². The minimum atomic E-state index is -0.271. The topological polar surface area (TPSA) is 97.9 Å². The number of nitrogens with zero attached hydrogens (tertiary/aromatic N) is 4. The third-order valence-corrected chi connectivity index (χ3v) is 4.29. The van der Waals surface area contributed by atoms with E-state index in [-0.39, 0.29) is 18.3 Å². The van der Waals surface area contributed by atoms with Gasteiger partial charge >= 0.3 is 0 Å². The van der Waals surface area contributed by atoms with Crippen LogP contribution in [0.4, 0.5) is 5.69 Å². The van der Waals surface area contributed by atoms with Crippen molar-refractivity contribution in [3.05, 3.63) is 48.7 Å². The molecule has 1 saturated heterocycles. The first kappa shape index (κ1) is 18.1. The van der Waals surface area contributed by atoms with Gasteiger partial charge in [0.05, 0.1) is 18.4 Å². The number of anilines is 1. The number of halogens is 1. The lowest BCUT2D eigenvalue weighted by Crippen LogP contribution is -2.29. The number of nitrogens with one attached hydrogen (secondary N) is 2. The molecule has 1 aliphatic rings.